The van der Waals surface area contributed by atoms with E-state index in [4.69, 9.17) is 14.2 Å². The highest BCUT2D eigenvalue weighted by Gasteiger charge is 2.46. The summed E-state index contributed by atoms with van der Waals surface area (Å²) in [6.07, 6.45) is 4.41. The first-order valence-corrected chi connectivity index (χ1v) is 12.0. The summed E-state index contributed by atoms with van der Waals surface area (Å²) < 4.78 is 15.4. The number of methoxy groups -OCH3 is 3. The monoisotopic (exact) mass is 494 g/mol. The third kappa shape index (κ3) is 4.78. The van der Waals surface area contributed by atoms with Crippen molar-refractivity contribution < 1.29 is 33.4 Å². The summed E-state index contributed by atoms with van der Waals surface area (Å²) in [5.41, 5.74) is 1.02. The lowest BCUT2D eigenvalue weighted by Gasteiger charge is -2.37. The zero-order chi connectivity index (χ0) is 25.8. The number of hydrogen-bond donors (Lipinski definition) is 0. The van der Waals surface area contributed by atoms with Gasteiger partial charge in [0.25, 0.3) is 11.8 Å². The van der Waals surface area contributed by atoms with Gasteiger partial charge < -0.3 is 19.1 Å². The fourth-order valence-electron chi connectivity index (χ4n) is 5.01. The van der Waals surface area contributed by atoms with Crippen LogP contribution in [0.3, 0.4) is 0 Å². The summed E-state index contributed by atoms with van der Waals surface area (Å²) in [5, 5.41) is 0. The third-order valence-electron chi connectivity index (χ3n) is 6.84. The van der Waals surface area contributed by atoms with Crippen LogP contribution in [0.2, 0.25) is 0 Å². The van der Waals surface area contributed by atoms with Crippen molar-refractivity contribution in [3.63, 3.8) is 0 Å². The predicted octanol–water partition coefficient (Wildman–Crippen LogP) is 3.60. The Morgan fingerprint density at radius 2 is 1.50 bits per heavy atom. The van der Waals surface area contributed by atoms with E-state index in [0.29, 0.717) is 28.3 Å². The second-order valence-electron chi connectivity index (χ2n) is 8.90. The molecule has 36 heavy (non-hydrogen) atoms. The molecule has 1 aliphatic heterocycles. The lowest BCUT2D eigenvalue weighted by Crippen LogP contribution is -2.51. The summed E-state index contributed by atoms with van der Waals surface area (Å²) in [7, 11) is 4.29. The zero-order valence-electron chi connectivity index (χ0n) is 20.7. The number of esters is 1. The standard InChI is InChI=1S/C27H30N2O7/c1-34-22-14-11-18(15-23(22)35-2)25(31)28(19-7-5-4-6-8-19)21-16-24(30)29(26(21)32)20-12-9-17(10-13-20)27(33)36-3/h9-15,19,21H,4-8,16H2,1-3H3. The average Bonchev–Trinajstić information content (AvgIpc) is 3.21. The van der Waals surface area contributed by atoms with Crippen molar-refractivity contribution in [2.45, 2.75) is 50.6 Å². The van der Waals surface area contributed by atoms with Crippen molar-refractivity contribution in [3.8, 4) is 11.5 Å². The number of carbonyl (C=O) groups is 4. The first kappa shape index (κ1) is 25.2. The molecule has 1 atom stereocenters. The van der Waals surface area contributed by atoms with Crippen LogP contribution in [0.5, 0.6) is 11.5 Å². The van der Waals surface area contributed by atoms with Gasteiger partial charge in [0.05, 0.1) is 39.0 Å². The topological polar surface area (TPSA) is 102 Å². The molecule has 1 unspecified atom stereocenters. The molecule has 0 bridgehead atoms. The minimum absolute atomic E-state index is 0.104. The van der Waals surface area contributed by atoms with Gasteiger partial charge >= 0.3 is 5.97 Å². The highest BCUT2D eigenvalue weighted by molar-refractivity contribution is 6.23. The van der Waals surface area contributed by atoms with E-state index in [1.165, 1.54) is 45.6 Å². The highest BCUT2D eigenvalue weighted by Crippen LogP contribution is 2.34. The molecule has 2 aromatic rings. The number of ether oxygens (including phenoxy) is 3. The fourth-order valence-corrected chi connectivity index (χ4v) is 5.01. The Labute approximate surface area is 209 Å². The number of imide groups is 1. The maximum absolute atomic E-state index is 13.8. The summed E-state index contributed by atoms with van der Waals surface area (Å²) in [6, 6.07) is 9.90. The molecule has 0 aromatic heterocycles. The Morgan fingerprint density at radius 3 is 2.11 bits per heavy atom. The van der Waals surface area contributed by atoms with Gasteiger partial charge in [0.15, 0.2) is 11.5 Å². The van der Waals surface area contributed by atoms with Crippen LogP contribution >= 0.6 is 0 Å². The van der Waals surface area contributed by atoms with Crippen molar-refractivity contribution in [3.05, 3.63) is 53.6 Å². The number of rotatable bonds is 7. The fraction of sp³-hybridized carbons (Fsp3) is 0.407. The first-order valence-electron chi connectivity index (χ1n) is 12.0. The van der Waals surface area contributed by atoms with Crippen LogP contribution < -0.4 is 14.4 Å². The number of benzene rings is 2. The molecule has 2 aliphatic rings. The van der Waals surface area contributed by atoms with Crippen LogP contribution in [0.4, 0.5) is 5.69 Å². The van der Waals surface area contributed by atoms with Gasteiger partial charge in [-0.15, -0.1) is 0 Å². The maximum atomic E-state index is 13.8. The SMILES string of the molecule is COC(=O)c1ccc(N2C(=O)CC(N(C(=O)c3ccc(OC)c(OC)c3)C3CCCCC3)C2=O)cc1. The molecule has 2 fully saturated rings. The van der Waals surface area contributed by atoms with Crippen LogP contribution in [0.1, 0.15) is 59.2 Å². The normalized spacial score (nSPS) is 18.2. The van der Waals surface area contributed by atoms with Gasteiger partial charge in [-0.2, -0.15) is 0 Å². The van der Waals surface area contributed by atoms with E-state index in [0.717, 1.165) is 37.0 Å². The smallest absolute Gasteiger partial charge is 0.337 e. The molecule has 0 N–H and O–H groups in total. The van der Waals surface area contributed by atoms with Crippen molar-refractivity contribution in [2.24, 2.45) is 0 Å². The minimum Gasteiger partial charge on any atom is -0.493 e. The first-order chi connectivity index (χ1) is 17.4. The second-order valence-corrected chi connectivity index (χ2v) is 8.90. The van der Waals surface area contributed by atoms with Gasteiger partial charge in [0.1, 0.15) is 6.04 Å². The Balaban J connectivity index is 1.66. The molecular weight excluding hydrogens is 464 g/mol. The minimum atomic E-state index is -0.915. The largest absolute Gasteiger partial charge is 0.493 e. The molecule has 4 rings (SSSR count). The lowest BCUT2D eigenvalue weighted by atomic mass is 9.92. The maximum Gasteiger partial charge on any atom is 0.337 e. The van der Waals surface area contributed by atoms with Crippen LogP contribution in [0.15, 0.2) is 42.5 Å². The Morgan fingerprint density at radius 1 is 0.861 bits per heavy atom. The van der Waals surface area contributed by atoms with Crippen LogP contribution in [0.25, 0.3) is 0 Å². The van der Waals surface area contributed by atoms with Crippen LogP contribution in [-0.4, -0.2) is 62.0 Å². The number of anilines is 1. The molecule has 2 aromatic carbocycles. The van der Waals surface area contributed by atoms with E-state index in [-0.39, 0.29) is 18.4 Å². The average molecular weight is 495 g/mol. The molecule has 190 valence electrons. The van der Waals surface area contributed by atoms with Crippen molar-refractivity contribution in [2.75, 3.05) is 26.2 Å². The van der Waals surface area contributed by atoms with E-state index in [1.807, 2.05) is 0 Å². The molecule has 9 heteroatoms. The van der Waals surface area contributed by atoms with Gasteiger partial charge in [-0.3, -0.25) is 14.4 Å². The molecule has 1 saturated carbocycles. The molecule has 9 nitrogen and oxygen atoms in total. The van der Waals surface area contributed by atoms with Crippen molar-refractivity contribution in [1.29, 1.82) is 0 Å². The van der Waals surface area contributed by atoms with E-state index in [9.17, 15) is 19.2 Å². The molecule has 3 amide bonds. The number of carbonyl (C=O) groups excluding carboxylic acids is 4. The molecule has 1 heterocycles. The van der Waals surface area contributed by atoms with Gasteiger partial charge in [0.2, 0.25) is 5.91 Å². The van der Waals surface area contributed by atoms with Gasteiger partial charge in [-0.25, -0.2) is 9.69 Å². The highest BCUT2D eigenvalue weighted by atomic mass is 16.5. The number of amides is 3. The second kappa shape index (κ2) is 10.8. The zero-order valence-corrected chi connectivity index (χ0v) is 20.7. The molecule has 0 spiro atoms. The number of nitrogens with zero attached hydrogens (tertiary/aromatic N) is 2. The Bertz CT molecular complexity index is 1160. The van der Waals surface area contributed by atoms with E-state index < -0.39 is 23.8 Å². The van der Waals surface area contributed by atoms with E-state index >= 15 is 0 Å². The molecular formula is C27H30N2O7. The summed E-state index contributed by atoms with van der Waals surface area (Å²) in [6.45, 7) is 0. The molecule has 1 aliphatic carbocycles. The molecule has 1 saturated heterocycles. The van der Waals surface area contributed by atoms with E-state index in [1.54, 1.807) is 23.1 Å². The van der Waals surface area contributed by atoms with Crippen LogP contribution in [-0.2, 0) is 14.3 Å². The summed E-state index contributed by atoms with van der Waals surface area (Å²) in [5.74, 6) is -0.776. The predicted molar refractivity (Wildman–Crippen MR) is 131 cm³/mol. The lowest BCUT2D eigenvalue weighted by molar-refractivity contribution is -0.123. The number of hydrogen-bond acceptors (Lipinski definition) is 7. The molecule has 0 radical (unpaired) electrons. The third-order valence-corrected chi connectivity index (χ3v) is 6.84. The van der Waals surface area contributed by atoms with Crippen molar-refractivity contribution in [1.82, 2.24) is 4.90 Å². The van der Waals surface area contributed by atoms with Crippen molar-refractivity contribution >= 4 is 29.4 Å². The summed E-state index contributed by atoms with van der Waals surface area (Å²) in [4.78, 5) is 55.0. The van der Waals surface area contributed by atoms with Gasteiger partial charge in [0, 0.05) is 11.6 Å². The Kier molecular flexibility index (Phi) is 7.57. The summed E-state index contributed by atoms with van der Waals surface area (Å²) >= 11 is 0. The Hall–Kier alpha value is -3.88. The van der Waals surface area contributed by atoms with Crippen LogP contribution in [0, 0.1) is 0 Å². The van der Waals surface area contributed by atoms with E-state index in [2.05, 4.69) is 0 Å². The van der Waals surface area contributed by atoms with Gasteiger partial charge in [-0.1, -0.05) is 19.3 Å². The quantitative estimate of drug-likeness (QED) is 0.428. The van der Waals surface area contributed by atoms with Gasteiger partial charge in [-0.05, 0) is 55.3 Å².